The van der Waals surface area contributed by atoms with E-state index in [0.717, 1.165) is 19.8 Å². The van der Waals surface area contributed by atoms with Gasteiger partial charge in [-0.15, -0.1) is 0 Å². The third-order valence-electron chi connectivity index (χ3n) is 2.26. The summed E-state index contributed by atoms with van der Waals surface area (Å²) in [4.78, 5) is 11.0. The predicted molar refractivity (Wildman–Crippen MR) is 64.7 cm³/mol. The first kappa shape index (κ1) is 14.2. The van der Waals surface area contributed by atoms with E-state index >= 15 is 0 Å². The molecule has 0 radical (unpaired) electrons. The Labute approximate surface area is 103 Å². The van der Waals surface area contributed by atoms with Crippen molar-refractivity contribution in [3.8, 4) is 0 Å². The van der Waals surface area contributed by atoms with E-state index in [1.165, 1.54) is 6.26 Å². The van der Waals surface area contributed by atoms with Crippen LogP contribution in [0.5, 0.6) is 0 Å². The number of carbonyl (C=O) groups is 1. The van der Waals surface area contributed by atoms with Gasteiger partial charge in [0.25, 0.3) is 0 Å². The number of carbonyl (C=O) groups excluding carboxylic acids is 1. The second-order valence-electron chi connectivity index (χ2n) is 4.75. The van der Waals surface area contributed by atoms with Crippen molar-refractivity contribution < 1.29 is 19.0 Å². The number of rotatable bonds is 7. The Morgan fingerprint density at radius 1 is 1.35 bits per heavy atom. The molecule has 98 valence electrons. The number of ketones is 1. The van der Waals surface area contributed by atoms with Gasteiger partial charge in [0, 0.05) is 12.8 Å². The molecule has 2 fully saturated rings. The highest BCUT2D eigenvalue weighted by Crippen LogP contribution is 2.19. The van der Waals surface area contributed by atoms with Crippen LogP contribution in [0.25, 0.3) is 0 Å². The van der Waals surface area contributed by atoms with Crippen molar-refractivity contribution in [3.05, 3.63) is 12.8 Å². The lowest BCUT2D eigenvalue weighted by Gasteiger charge is -2.00. The summed E-state index contributed by atoms with van der Waals surface area (Å²) < 4.78 is 14.7. The smallest absolute Gasteiger partial charge is 0.138 e. The van der Waals surface area contributed by atoms with E-state index in [-0.39, 0.29) is 18.0 Å². The molecule has 0 amide bonds. The Morgan fingerprint density at radius 2 is 1.82 bits per heavy atom. The second-order valence-corrected chi connectivity index (χ2v) is 4.75. The summed E-state index contributed by atoms with van der Waals surface area (Å²) in [5.41, 5.74) is 0. The van der Waals surface area contributed by atoms with Gasteiger partial charge < -0.3 is 14.2 Å². The molecule has 4 nitrogen and oxygen atoms in total. The first-order valence-corrected chi connectivity index (χ1v) is 6.09. The molecule has 2 atom stereocenters. The van der Waals surface area contributed by atoms with Gasteiger partial charge in [-0.25, -0.2) is 0 Å². The van der Waals surface area contributed by atoms with E-state index in [1.807, 2.05) is 0 Å². The molecular formula is C13H22O4. The van der Waals surface area contributed by atoms with E-state index in [9.17, 15) is 4.79 Å². The number of hydrogen-bond acceptors (Lipinski definition) is 4. The Hall–Kier alpha value is -0.870. The zero-order chi connectivity index (χ0) is 12.7. The fourth-order valence-electron chi connectivity index (χ4n) is 1.22. The van der Waals surface area contributed by atoms with Crippen LogP contribution in [0.2, 0.25) is 0 Å². The Morgan fingerprint density at radius 3 is 2.06 bits per heavy atom. The summed E-state index contributed by atoms with van der Waals surface area (Å²) in [5.74, 6) is 0.892. The highest BCUT2D eigenvalue weighted by Gasteiger charge is 2.30. The molecule has 2 aliphatic rings. The quantitative estimate of drug-likeness (QED) is 0.505. The minimum absolute atomic E-state index is 0.242. The van der Waals surface area contributed by atoms with Gasteiger partial charge in [0.15, 0.2) is 0 Å². The number of Topliss-reactive ketones (excluding diaryl/α,β-unsaturated/α-hetero) is 1. The van der Waals surface area contributed by atoms with Crippen LogP contribution in [0.3, 0.4) is 0 Å². The number of epoxide rings is 2. The molecule has 0 aliphatic carbocycles. The molecule has 2 unspecified atom stereocenters. The first-order chi connectivity index (χ1) is 8.11. The van der Waals surface area contributed by atoms with Gasteiger partial charge in [-0.2, -0.15) is 0 Å². The lowest BCUT2D eigenvalue weighted by atomic mass is 10.1. The van der Waals surface area contributed by atoms with Crippen LogP contribution >= 0.6 is 0 Å². The standard InChI is InChI=1S/C7H10O3.C6H12O/c8-5(1-6-3-9-6)2-7-4-10-7;1-4-7-5-6(2)3/h6-7H,1-4H2;4,6H,1,5H2,2-3H3. The molecule has 0 spiro atoms. The van der Waals surface area contributed by atoms with E-state index in [4.69, 9.17) is 14.2 Å². The summed E-state index contributed by atoms with van der Waals surface area (Å²) in [6.45, 7) is 9.94. The predicted octanol–water partition coefficient (Wildman–Crippen LogP) is 1.94. The van der Waals surface area contributed by atoms with Gasteiger partial charge in [0.2, 0.25) is 0 Å². The SMILES string of the molecule is C=COCC(C)C.O=C(CC1CO1)CC1CO1. The van der Waals surface area contributed by atoms with Crippen LogP contribution < -0.4 is 0 Å². The lowest BCUT2D eigenvalue weighted by Crippen LogP contribution is -2.05. The highest BCUT2D eigenvalue weighted by molar-refractivity contribution is 5.79. The normalized spacial score (nSPS) is 24.6. The average Bonchev–Trinajstić information content (AvgIpc) is 3.12. The molecule has 0 aromatic carbocycles. The van der Waals surface area contributed by atoms with Crippen LogP contribution in [-0.2, 0) is 19.0 Å². The van der Waals surface area contributed by atoms with E-state index < -0.39 is 0 Å². The number of ether oxygens (including phenoxy) is 3. The van der Waals surface area contributed by atoms with Crippen LogP contribution in [-0.4, -0.2) is 37.8 Å². The lowest BCUT2D eigenvalue weighted by molar-refractivity contribution is -0.119. The molecule has 0 bridgehead atoms. The topological polar surface area (TPSA) is 51.4 Å². The summed E-state index contributed by atoms with van der Waals surface area (Å²) >= 11 is 0. The Kier molecular flexibility index (Phi) is 6.22. The van der Waals surface area contributed by atoms with Crippen LogP contribution in [0.4, 0.5) is 0 Å². The summed E-state index contributed by atoms with van der Waals surface area (Å²) in [6.07, 6.45) is 3.15. The van der Waals surface area contributed by atoms with E-state index in [2.05, 4.69) is 20.4 Å². The number of hydrogen-bond donors (Lipinski definition) is 0. The molecule has 0 aromatic heterocycles. The Balaban J connectivity index is 0.000000185. The minimum atomic E-state index is 0.242. The highest BCUT2D eigenvalue weighted by atomic mass is 16.6. The fourth-order valence-corrected chi connectivity index (χ4v) is 1.22. The van der Waals surface area contributed by atoms with E-state index in [1.54, 1.807) is 0 Å². The molecule has 4 heteroatoms. The molecule has 0 aromatic rings. The minimum Gasteiger partial charge on any atom is -0.502 e. The van der Waals surface area contributed by atoms with Gasteiger partial charge in [0.1, 0.15) is 5.78 Å². The molecule has 2 saturated heterocycles. The maximum atomic E-state index is 11.0. The van der Waals surface area contributed by atoms with Crippen LogP contribution in [0.15, 0.2) is 12.8 Å². The molecule has 0 N–H and O–H groups in total. The summed E-state index contributed by atoms with van der Waals surface area (Å²) in [6, 6.07) is 0. The van der Waals surface area contributed by atoms with Gasteiger partial charge >= 0.3 is 0 Å². The van der Waals surface area contributed by atoms with Gasteiger partial charge in [-0.1, -0.05) is 20.4 Å². The molecule has 2 rings (SSSR count). The van der Waals surface area contributed by atoms with E-state index in [0.29, 0.717) is 18.8 Å². The fraction of sp³-hybridized carbons (Fsp3) is 0.769. The first-order valence-electron chi connectivity index (χ1n) is 6.09. The zero-order valence-electron chi connectivity index (χ0n) is 10.7. The van der Waals surface area contributed by atoms with Gasteiger partial charge in [-0.05, 0) is 5.92 Å². The van der Waals surface area contributed by atoms with Crippen molar-refractivity contribution in [2.45, 2.75) is 38.9 Å². The zero-order valence-corrected chi connectivity index (χ0v) is 10.7. The molecule has 17 heavy (non-hydrogen) atoms. The maximum absolute atomic E-state index is 11.0. The summed E-state index contributed by atoms with van der Waals surface area (Å²) in [7, 11) is 0. The largest absolute Gasteiger partial charge is 0.502 e. The second kappa shape index (κ2) is 7.45. The monoisotopic (exact) mass is 242 g/mol. The summed E-state index contributed by atoms with van der Waals surface area (Å²) in [5, 5.41) is 0. The Bertz CT molecular complexity index is 226. The van der Waals surface area contributed by atoms with Crippen molar-refractivity contribution in [2.75, 3.05) is 19.8 Å². The van der Waals surface area contributed by atoms with Crippen molar-refractivity contribution >= 4 is 5.78 Å². The third-order valence-corrected chi connectivity index (χ3v) is 2.26. The van der Waals surface area contributed by atoms with Crippen LogP contribution in [0.1, 0.15) is 26.7 Å². The van der Waals surface area contributed by atoms with Crippen molar-refractivity contribution in [3.63, 3.8) is 0 Å². The average molecular weight is 242 g/mol. The molecule has 2 aliphatic heterocycles. The van der Waals surface area contributed by atoms with Crippen molar-refractivity contribution in [1.82, 2.24) is 0 Å². The van der Waals surface area contributed by atoms with Crippen molar-refractivity contribution in [1.29, 1.82) is 0 Å². The molecule has 2 heterocycles. The maximum Gasteiger partial charge on any atom is 0.138 e. The molecular weight excluding hydrogens is 220 g/mol. The third kappa shape index (κ3) is 8.89. The molecule has 0 saturated carbocycles. The van der Waals surface area contributed by atoms with Crippen LogP contribution in [0, 0.1) is 5.92 Å². The van der Waals surface area contributed by atoms with Gasteiger partial charge in [-0.3, -0.25) is 4.79 Å². The van der Waals surface area contributed by atoms with Gasteiger partial charge in [0.05, 0.1) is 38.3 Å². The van der Waals surface area contributed by atoms with Crippen molar-refractivity contribution in [2.24, 2.45) is 5.92 Å².